The van der Waals surface area contributed by atoms with E-state index in [1.54, 1.807) is 11.3 Å². The zero-order valence-corrected chi connectivity index (χ0v) is 17.4. The second-order valence-electron chi connectivity index (χ2n) is 7.79. The fraction of sp³-hybridized carbons (Fsp3) is 0.0357. The summed E-state index contributed by atoms with van der Waals surface area (Å²) in [5, 5.41) is 6.20. The summed E-state index contributed by atoms with van der Waals surface area (Å²) in [7, 11) is 0. The molecule has 0 bridgehead atoms. The van der Waals surface area contributed by atoms with E-state index >= 15 is 0 Å². The van der Waals surface area contributed by atoms with Crippen molar-refractivity contribution in [2.24, 2.45) is 0 Å². The lowest BCUT2D eigenvalue weighted by Crippen LogP contribution is -1.83. The molecule has 1 heterocycles. The van der Waals surface area contributed by atoms with E-state index in [0.29, 0.717) is 0 Å². The van der Waals surface area contributed by atoms with E-state index in [2.05, 4.69) is 104 Å². The topological polar surface area (TPSA) is 12.9 Å². The monoisotopic (exact) mass is 401 g/mol. The molecule has 2 heteroatoms. The van der Waals surface area contributed by atoms with Crippen LogP contribution in [0.4, 0.5) is 0 Å². The number of aryl methyl sites for hydroxylation is 1. The first-order chi connectivity index (χ1) is 14.7. The van der Waals surface area contributed by atoms with Crippen LogP contribution in [-0.4, -0.2) is 4.98 Å². The molecule has 30 heavy (non-hydrogen) atoms. The molecule has 6 aromatic rings. The molecule has 0 atom stereocenters. The first-order valence-corrected chi connectivity index (χ1v) is 11.0. The number of fused-ring (bicyclic) bond motifs is 3. The first kappa shape index (κ1) is 17.4. The number of rotatable bonds is 2. The van der Waals surface area contributed by atoms with Crippen molar-refractivity contribution in [1.29, 1.82) is 0 Å². The lowest BCUT2D eigenvalue weighted by molar-refractivity contribution is 1.45. The average Bonchev–Trinajstić information content (AvgIpc) is 3.20. The van der Waals surface area contributed by atoms with Gasteiger partial charge in [0.2, 0.25) is 0 Å². The van der Waals surface area contributed by atoms with Gasteiger partial charge in [0.1, 0.15) is 5.01 Å². The van der Waals surface area contributed by atoms with Gasteiger partial charge in [-0.3, -0.25) is 0 Å². The minimum atomic E-state index is 1.07. The van der Waals surface area contributed by atoms with Crippen molar-refractivity contribution in [3.63, 3.8) is 0 Å². The molecule has 142 valence electrons. The molecule has 0 saturated carbocycles. The third-order valence-corrected chi connectivity index (χ3v) is 6.80. The maximum absolute atomic E-state index is 4.83. The number of aromatic nitrogens is 1. The lowest BCUT2D eigenvalue weighted by atomic mass is 9.95. The van der Waals surface area contributed by atoms with Crippen molar-refractivity contribution in [1.82, 2.24) is 4.98 Å². The molecule has 1 aromatic heterocycles. The van der Waals surface area contributed by atoms with Gasteiger partial charge in [-0.15, -0.1) is 11.3 Å². The molecule has 0 amide bonds. The van der Waals surface area contributed by atoms with Gasteiger partial charge in [-0.25, -0.2) is 4.98 Å². The molecule has 0 radical (unpaired) electrons. The fourth-order valence-corrected chi connectivity index (χ4v) is 5.24. The fourth-order valence-electron chi connectivity index (χ4n) is 4.17. The Morgan fingerprint density at radius 3 is 2.20 bits per heavy atom. The third-order valence-electron chi connectivity index (χ3n) is 5.73. The Balaban J connectivity index is 1.45. The zero-order valence-electron chi connectivity index (χ0n) is 16.6. The highest BCUT2D eigenvalue weighted by Crippen LogP contribution is 2.35. The Kier molecular flexibility index (Phi) is 3.93. The van der Waals surface area contributed by atoms with E-state index in [-0.39, 0.29) is 0 Å². The van der Waals surface area contributed by atoms with E-state index in [1.165, 1.54) is 48.5 Å². The molecule has 0 saturated heterocycles. The minimum absolute atomic E-state index is 1.07. The minimum Gasteiger partial charge on any atom is -0.236 e. The Bertz CT molecular complexity index is 1540. The van der Waals surface area contributed by atoms with E-state index < -0.39 is 0 Å². The highest BCUT2D eigenvalue weighted by molar-refractivity contribution is 7.21. The Morgan fingerprint density at radius 1 is 0.633 bits per heavy atom. The Hall–Kier alpha value is -3.49. The molecular formula is C28H19NS. The number of thiazole rings is 1. The predicted octanol–water partition coefficient (Wildman–Crippen LogP) is 8.25. The second-order valence-corrected chi connectivity index (χ2v) is 8.82. The van der Waals surface area contributed by atoms with E-state index in [1.807, 2.05) is 0 Å². The molecule has 5 aromatic carbocycles. The van der Waals surface area contributed by atoms with Crippen molar-refractivity contribution in [2.75, 3.05) is 0 Å². The summed E-state index contributed by atoms with van der Waals surface area (Å²) in [5.41, 5.74) is 6.02. The van der Waals surface area contributed by atoms with Gasteiger partial charge in [-0.1, -0.05) is 72.8 Å². The highest BCUT2D eigenvalue weighted by atomic mass is 32.1. The van der Waals surface area contributed by atoms with Crippen molar-refractivity contribution in [3.05, 3.63) is 103 Å². The number of nitrogens with zero attached hydrogens (tertiary/aromatic N) is 1. The van der Waals surface area contributed by atoms with Gasteiger partial charge in [0.25, 0.3) is 0 Å². The van der Waals surface area contributed by atoms with E-state index in [0.717, 1.165) is 10.5 Å². The van der Waals surface area contributed by atoms with E-state index in [9.17, 15) is 0 Å². The van der Waals surface area contributed by atoms with Crippen LogP contribution in [0.25, 0.3) is 53.5 Å². The Labute approximate surface area is 179 Å². The SMILES string of the molecule is Cc1ccc2nc(-c3ccc(-c4cccc5cc6ccccc6cc45)cc3)sc2c1. The maximum Gasteiger partial charge on any atom is 0.124 e. The molecule has 0 aliphatic rings. The standard InChI is InChI=1S/C28H19NS/c1-18-9-14-26-27(15-18)30-28(29-26)20-12-10-19(11-13-20)24-8-4-7-23-16-21-5-2-3-6-22(21)17-25(23)24/h2-17H,1H3. The number of hydrogen-bond donors (Lipinski definition) is 0. The van der Waals surface area contributed by atoms with Crippen LogP contribution in [0.2, 0.25) is 0 Å². The third kappa shape index (κ3) is 2.89. The van der Waals surface area contributed by atoms with Crippen molar-refractivity contribution < 1.29 is 0 Å². The molecule has 6 rings (SSSR count). The summed E-state index contributed by atoms with van der Waals surface area (Å²) in [5.74, 6) is 0. The average molecular weight is 402 g/mol. The first-order valence-electron chi connectivity index (χ1n) is 10.1. The zero-order chi connectivity index (χ0) is 20.1. The van der Waals surface area contributed by atoms with Gasteiger partial charge in [-0.2, -0.15) is 0 Å². The van der Waals surface area contributed by atoms with Crippen LogP contribution >= 0.6 is 11.3 Å². The van der Waals surface area contributed by atoms with Crippen LogP contribution in [0.1, 0.15) is 5.56 Å². The van der Waals surface area contributed by atoms with Crippen LogP contribution in [0, 0.1) is 6.92 Å². The smallest absolute Gasteiger partial charge is 0.124 e. The van der Waals surface area contributed by atoms with Gasteiger partial charge in [0.05, 0.1) is 10.2 Å². The van der Waals surface area contributed by atoms with Gasteiger partial charge in [0, 0.05) is 5.56 Å². The summed E-state index contributed by atoms with van der Waals surface area (Å²) in [6, 6.07) is 35.0. The summed E-state index contributed by atoms with van der Waals surface area (Å²) >= 11 is 1.76. The van der Waals surface area contributed by atoms with Gasteiger partial charge in [0.15, 0.2) is 0 Å². The highest BCUT2D eigenvalue weighted by Gasteiger charge is 2.09. The van der Waals surface area contributed by atoms with Crippen LogP contribution < -0.4 is 0 Å². The molecule has 0 spiro atoms. The largest absolute Gasteiger partial charge is 0.236 e. The number of benzene rings is 5. The van der Waals surface area contributed by atoms with Crippen LogP contribution in [0.15, 0.2) is 97.1 Å². The lowest BCUT2D eigenvalue weighted by Gasteiger charge is -2.09. The maximum atomic E-state index is 4.83. The quantitative estimate of drug-likeness (QED) is 0.266. The van der Waals surface area contributed by atoms with Crippen LogP contribution in [-0.2, 0) is 0 Å². The summed E-state index contributed by atoms with van der Waals surface area (Å²) < 4.78 is 1.25. The summed E-state index contributed by atoms with van der Waals surface area (Å²) in [4.78, 5) is 4.83. The predicted molar refractivity (Wildman–Crippen MR) is 130 cm³/mol. The molecule has 0 fully saturated rings. The molecule has 1 nitrogen and oxygen atoms in total. The second kappa shape index (κ2) is 6.79. The Morgan fingerprint density at radius 2 is 1.37 bits per heavy atom. The number of hydrogen-bond acceptors (Lipinski definition) is 2. The molecule has 0 aliphatic carbocycles. The van der Waals surface area contributed by atoms with Gasteiger partial charge < -0.3 is 0 Å². The van der Waals surface area contributed by atoms with Crippen LogP contribution in [0.5, 0.6) is 0 Å². The van der Waals surface area contributed by atoms with Crippen molar-refractivity contribution in [2.45, 2.75) is 6.92 Å². The molecular weight excluding hydrogens is 382 g/mol. The van der Waals surface area contributed by atoms with Gasteiger partial charge in [-0.05, 0) is 69.4 Å². The van der Waals surface area contributed by atoms with E-state index in [4.69, 9.17) is 4.98 Å². The summed E-state index contributed by atoms with van der Waals surface area (Å²) in [6.45, 7) is 2.13. The molecule has 0 unspecified atom stereocenters. The molecule has 0 aliphatic heterocycles. The summed E-state index contributed by atoms with van der Waals surface area (Å²) in [6.07, 6.45) is 0. The van der Waals surface area contributed by atoms with Gasteiger partial charge >= 0.3 is 0 Å². The molecule has 0 N–H and O–H groups in total. The van der Waals surface area contributed by atoms with Crippen molar-refractivity contribution >= 4 is 43.1 Å². The van der Waals surface area contributed by atoms with Crippen LogP contribution in [0.3, 0.4) is 0 Å². The van der Waals surface area contributed by atoms with Crippen molar-refractivity contribution in [3.8, 4) is 21.7 Å². The normalized spacial score (nSPS) is 11.5.